The fourth-order valence-electron chi connectivity index (χ4n) is 2.97. The van der Waals surface area contributed by atoms with Gasteiger partial charge in [0.25, 0.3) is 0 Å². The minimum Gasteiger partial charge on any atom is -0.371 e. The van der Waals surface area contributed by atoms with Crippen molar-refractivity contribution in [2.45, 2.75) is 39.2 Å². The first kappa shape index (κ1) is 13.4. The molecule has 1 heterocycles. The fraction of sp³-hybridized carbons (Fsp3) is 0.625. The molecule has 100 valence electrons. The van der Waals surface area contributed by atoms with E-state index >= 15 is 0 Å². The van der Waals surface area contributed by atoms with Crippen molar-refractivity contribution in [3.8, 4) is 0 Å². The third-order valence-electron chi connectivity index (χ3n) is 4.12. The van der Waals surface area contributed by atoms with E-state index in [1.807, 2.05) is 0 Å². The van der Waals surface area contributed by atoms with E-state index in [0.717, 1.165) is 5.92 Å². The predicted octanol–water partition coefficient (Wildman–Crippen LogP) is 3.07. The molecule has 1 aliphatic rings. The van der Waals surface area contributed by atoms with E-state index in [1.165, 1.54) is 43.6 Å². The third kappa shape index (κ3) is 3.05. The quantitative estimate of drug-likeness (QED) is 0.878. The van der Waals surface area contributed by atoms with Crippen LogP contribution in [0.25, 0.3) is 0 Å². The topological polar surface area (TPSA) is 15.3 Å². The molecule has 1 aromatic carbocycles. The molecule has 0 radical (unpaired) electrons. The lowest BCUT2D eigenvalue weighted by molar-refractivity contribution is 0.339. The van der Waals surface area contributed by atoms with Gasteiger partial charge in [0.05, 0.1) is 0 Å². The molecule has 0 spiro atoms. The molecule has 1 saturated heterocycles. The number of piperidine rings is 1. The average molecular weight is 246 g/mol. The number of hydrogen-bond acceptors (Lipinski definition) is 2. The van der Waals surface area contributed by atoms with Gasteiger partial charge in [-0.2, -0.15) is 0 Å². The normalized spacial score (nSPS) is 24.3. The first-order chi connectivity index (χ1) is 8.74. The molecule has 18 heavy (non-hydrogen) atoms. The summed E-state index contributed by atoms with van der Waals surface area (Å²) in [6.07, 6.45) is 3.66. The minimum atomic E-state index is 0.681. The van der Waals surface area contributed by atoms with Crippen LogP contribution in [0.15, 0.2) is 24.3 Å². The molecule has 0 bridgehead atoms. The third-order valence-corrected chi connectivity index (χ3v) is 4.12. The highest BCUT2D eigenvalue weighted by atomic mass is 15.2. The van der Waals surface area contributed by atoms with Gasteiger partial charge in [-0.3, -0.25) is 0 Å². The first-order valence-corrected chi connectivity index (χ1v) is 7.25. The van der Waals surface area contributed by atoms with Crippen LogP contribution in [0, 0.1) is 5.92 Å². The summed E-state index contributed by atoms with van der Waals surface area (Å²) in [6, 6.07) is 9.83. The Bertz CT molecular complexity index is 358. The lowest BCUT2D eigenvalue weighted by atomic mass is 9.93. The number of benzene rings is 1. The lowest BCUT2D eigenvalue weighted by Gasteiger charge is -2.38. The number of anilines is 1. The monoisotopic (exact) mass is 246 g/mol. The van der Waals surface area contributed by atoms with Crippen LogP contribution in [-0.4, -0.2) is 26.2 Å². The van der Waals surface area contributed by atoms with Gasteiger partial charge in [-0.05, 0) is 43.5 Å². The number of nitrogens with one attached hydrogen (secondary N) is 1. The molecule has 0 amide bonds. The van der Waals surface area contributed by atoms with Crippen LogP contribution in [0.4, 0.5) is 5.69 Å². The standard InChI is InChI=1S/C16H26N2/c1-4-5-14-6-8-15(9-7-14)18-11-10-16(17-3)13(2)12-18/h6-9,13,16-17H,4-5,10-12H2,1-3H3. The first-order valence-electron chi connectivity index (χ1n) is 7.25. The van der Waals surface area contributed by atoms with Crippen molar-refractivity contribution < 1.29 is 0 Å². The highest BCUT2D eigenvalue weighted by molar-refractivity contribution is 5.48. The van der Waals surface area contributed by atoms with E-state index in [9.17, 15) is 0 Å². The summed E-state index contributed by atoms with van der Waals surface area (Å²) < 4.78 is 0. The Morgan fingerprint density at radius 1 is 1.28 bits per heavy atom. The van der Waals surface area contributed by atoms with Gasteiger partial charge in [0.2, 0.25) is 0 Å². The molecule has 2 rings (SSSR count). The Hall–Kier alpha value is -1.02. The molecule has 1 fully saturated rings. The van der Waals surface area contributed by atoms with Gasteiger partial charge in [-0.15, -0.1) is 0 Å². The van der Waals surface area contributed by atoms with E-state index in [2.05, 4.69) is 55.4 Å². The highest BCUT2D eigenvalue weighted by Gasteiger charge is 2.24. The summed E-state index contributed by atoms with van der Waals surface area (Å²) in [5.41, 5.74) is 2.84. The van der Waals surface area contributed by atoms with Crippen molar-refractivity contribution in [1.29, 1.82) is 0 Å². The van der Waals surface area contributed by atoms with Gasteiger partial charge in [0.15, 0.2) is 0 Å². The van der Waals surface area contributed by atoms with Crippen LogP contribution >= 0.6 is 0 Å². The van der Waals surface area contributed by atoms with Gasteiger partial charge in [0.1, 0.15) is 0 Å². The zero-order chi connectivity index (χ0) is 13.0. The largest absolute Gasteiger partial charge is 0.371 e. The Balaban J connectivity index is 1.99. The second-order valence-electron chi connectivity index (χ2n) is 5.52. The van der Waals surface area contributed by atoms with Crippen LogP contribution in [-0.2, 0) is 6.42 Å². The Morgan fingerprint density at radius 3 is 2.56 bits per heavy atom. The van der Waals surface area contributed by atoms with Crippen LogP contribution in [0.2, 0.25) is 0 Å². The molecule has 0 saturated carbocycles. The van der Waals surface area contributed by atoms with Gasteiger partial charge >= 0.3 is 0 Å². The van der Waals surface area contributed by atoms with Crippen molar-refractivity contribution in [3.05, 3.63) is 29.8 Å². The SMILES string of the molecule is CCCc1ccc(N2CCC(NC)C(C)C2)cc1. The van der Waals surface area contributed by atoms with Crippen molar-refractivity contribution >= 4 is 5.69 Å². The van der Waals surface area contributed by atoms with Crippen LogP contribution in [0.1, 0.15) is 32.3 Å². The molecule has 2 heteroatoms. The number of hydrogen-bond donors (Lipinski definition) is 1. The van der Waals surface area contributed by atoms with Crippen LogP contribution in [0.3, 0.4) is 0 Å². The van der Waals surface area contributed by atoms with Crippen molar-refractivity contribution in [3.63, 3.8) is 0 Å². The molecule has 1 aliphatic heterocycles. The smallest absolute Gasteiger partial charge is 0.0366 e. The maximum Gasteiger partial charge on any atom is 0.0366 e. The molecule has 2 atom stereocenters. The van der Waals surface area contributed by atoms with E-state index in [-0.39, 0.29) is 0 Å². The second kappa shape index (κ2) is 6.24. The van der Waals surface area contributed by atoms with E-state index in [0.29, 0.717) is 6.04 Å². The molecule has 0 aliphatic carbocycles. The molecule has 1 N–H and O–H groups in total. The van der Waals surface area contributed by atoms with Gasteiger partial charge in [-0.25, -0.2) is 0 Å². The molecule has 1 aromatic rings. The second-order valence-corrected chi connectivity index (χ2v) is 5.52. The summed E-state index contributed by atoms with van der Waals surface area (Å²) >= 11 is 0. The summed E-state index contributed by atoms with van der Waals surface area (Å²) in [7, 11) is 2.08. The summed E-state index contributed by atoms with van der Waals surface area (Å²) in [5, 5.41) is 3.42. The average Bonchev–Trinajstić information content (AvgIpc) is 2.40. The maximum atomic E-state index is 3.42. The Morgan fingerprint density at radius 2 is 2.00 bits per heavy atom. The number of aryl methyl sites for hydroxylation is 1. The summed E-state index contributed by atoms with van der Waals surface area (Å²) in [4.78, 5) is 2.52. The molecule has 0 aromatic heterocycles. The van der Waals surface area contributed by atoms with E-state index in [4.69, 9.17) is 0 Å². The van der Waals surface area contributed by atoms with Gasteiger partial charge in [-0.1, -0.05) is 32.4 Å². The maximum absolute atomic E-state index is 3.42. The van der Waals surface area contributed by atoms with Crippen LogP contribution < -0.4 is 10.2 Å². The zero-order valence-corrected chi connectivity index (χ0v) is 11.9. The molecule has 2 nitrogen and oxygen atoms in total. The fourth-order valence-corrected chi connectivity index (χ4v) is 2.97. The molecular formula is C16H26N2. The summed E-state index contributed by atoms with van der Waals surface area (Å²) in [6.45, 7) is 6.92. The Kier molecular flexibility index (Phi) is 4.65. The van der Waals surface area contributed by atoms with Gasteiger partial charge in [0, 0.05) is 24.8 Å². The van der Waals surface area contributed by atoms with Crippen LogP contribution in [0.5, 0.6) is 0 Å². The van der Waals surface area contributed by atoms with Gasteiger partial charge < -0.3 is 10.2 Å². The molecule has 2 unspecified atom stereocenters. The lowest BCUT2D eigenvalue weighted by Crippen LogP contribution is -2.47. The number of rotatable bonds is 4. The van der Waals surface area contributed by atoms with Crippen molar-refractivity contribution in [1.82, 2.24) is 5.32 Å². The highest BCUT2D eigenvalue weighted by Crippen LogP contribution is 2.23. The minimum absolute atomic E-state index is 0.681. The van der Waals surface area contributed by atoms with Crippen molar-refractivity contribution in [2.75, 3.05) is 25.0 Å². The van der Waals surface area contributed by atoms with E-state index in [1.54, 1.807) is 0 Å². The Labute approximate surface area is 111 Å². The predicted molar refractivity (Wildman–Crippen MR) is 79.3 cm³/mol. The van der Waals surface area contributed by atoms with E-state index < -0.39 is 0 Å². The summed E-state index contributed by atoms with van der Waals surface area (Å²) in [5.74, 6) is 0.721. The number of nitrogens with zero attached hydrogens (tertiary/aromatic N) is 1. The zero-order valence-electron chi connectivity index (χ0n) is 11.9. The molecular weight excluding hydrogens is 220 g/mol. The van der Waals surface area contributed by atoms with Crippen molar-refractivity contribution in [2.24, 2.45) is 5.92 Å².